The summed E-state index contributed by atoms with van der Waals surface area (Å²) in [5.74, 6) is 0.382. The van der Waals surface area contributed by atoms with Crippen molar-refractivity contribution in [2.24, 2.45) is 5.14 Å². The zero-order valence-corrected chi connectivity index (χ0v) is 15.2. The Hall–Kier alpha value is -1.86. The number of rotatable bonds is 4. The van der Waals surface area contributed by atoms with Crippen molar-refractivity contribution in [1.82, 2.24) is 4.98 Å². The highest BCUT2D eigenvalue weighted by Gasteiger charge is 2.51. The number of hydrogen-bond donors (Lipinski definition) is 1. The van der Waals surface area contributed by atoms with E-state index in [1.54, 1.807) is 48.7 Å². The Morgan fingerprint density at radius 2 is 1.88 bits per heavy atom. The Labute approximate surface area is 155 Å². The number of pyridine rings is 1. The number of sulfonamides is 1. The summed E-state index contributed by atoms with van der Waals surface area (Å²) in [6.07, 6.45) is 5.89. The maximum atomic E-state index is 12.2. The van der Waals surface area contributed by atoms with E-state index >= 15 is 0 Å². The molecule has 1 aromatic carbocycles. The van der Waals surface area contributed by atoms with E-state index in [1.807, 2.05) is 0 Å². The lowest BCUT2D eigenvalue weighted by molar-refractivity contribution is 0.220. The number of nitrogens with zero attached hydrogens (tertiary/aromatic N) is 1. The molecule has 2 atom stereocenters. The van der Waals surface area contributed by atoms with Crippen molar-refractivity contribution in [2.75, 3.05) is 0 Å². The summed E-state index contributed by atoms with van der Waals surface area (Å²) in [6.45, 7) is 0. The van der Waals surface area contributed by atoms with Gasteiger partial charge in [-0.1, -0.05) is 53.5 Å². The molecule has 0 bridgehead atoms. The van der Waals surface area contributed by atoms with Crippen molar-refractivity contribution in [3.63, 3.8) is 0 Å². The molecule has 0 spiro atoms. The van der Waals surface area contributed by atoms with Gasteiger partial charge in [-0.2, -0.15) is 0 Å². The van der Waals surface area contributed by atoms with Gasteiger partial charge in [0, 0.05) is 28.6 Å². The number of aromatic nitrogens is 1. The zero-order chi connectivity index (χ0) is 18.1. The van der Waals surface area contributed by atoms with E-state index in [2.05, 4.69) is 4.98 Å². The normalized spacial score (nSPS) is 23.6. The van der Waals surface area contributed by atoms with E-state index in [0.29, 0.717) is 11.3 Å². The van der Waals surface area contributed by atoms with E-state index in [9.17, 15) is 8.42 Å². The van der Waals surface area contributed by atoms with Crippen molar-refractivity contribution < 1.29 is 13.2 Å². The molecule has 0 aliphatic heterocycles. The summed E-state index contributed by atoms with van der Waals surface area (Å²) in [4.78, 5) is 4.04. The molecular weight excluding hydrogens is 383 g/mol. The first kappa shape index (κ1) is 17.9. The third-order valence-electron chi connectivity index (χ3n) is 3.68. The zero-order valence-electron chi connectivity index (χ0n) is 12.8. The number of alkyl halides is 1. The van der Waals surface area contributed by atoms with E-state index in [4.69, 9.17) is 33.1 Å². The van der Waals surface area contributed by atoms with Crippen LogP contribution in [0, 0.1) is 0 Å². The Bertz CT molecular complexity index is 931. The molecule has 130 valence electrons. The van der Waals surface area contributed by atoms with Gasteiger partial charge in [-0.25, -0.2) is 13.6 Å². The van der Waals surface area contributed by atoms with Crippen LogP contribution >= 0.6 is 23.2 Å². The monoisotopic (exact) mass is 396 g/mol. The van der Waals surface area contributed by atoms with Crippen LogP contribution in [0.25, 0.3) is 5.57 Å². The molecule has 0 saturated carbocycles. The van der Waals surface area contributed by atoms with Crippen LogP contribution in [0.4, 0.5) is 0 Å². The minimum absolute atomic E-state index is 0.249. The number of ether oxygens (including phenoxy) is 1. The number of hydrogen-bond acceptors (Lipinski definition) is 4. The van der Waals surface area contributed by atoms with Crippen molar-refractivity contribution in [1.29, 1.82) is 0 Å². The van der Waals surface area contributed by atoms with Gasteiger partial charge in [0.2, 0.25) is 15.1 Å². The third-order valence-corrected chi connectivity index (χ3v) is 5.82. The standard InChI is InChI=1S/C17H14Cl2N2O3S/c18-14-8-9-15(25(20,22)23)17(19,24-13-6-2-1-3-7-13)16(14)12-5-4-10-21-11-12/h1-11,15H,(H2,20,22,23). The molecule has 1 aliphatic rings. The Kier molecular flexibility index (Phi) is 4.88. The molecule has 8 heteroatoms. The van der Waals surface area contributed by atoms with Crippen LogP contribution in [0.1, 0.15) is 5.56 Å². The van der Waals surface area contributed by atoms with Gasteiger partial charge in [-0.3, -0.25) is 4.98 Å². The maximum Gasteiger partial charge on any atom is 0.231 e. The average Bonchev–Trinajstić information content (AvgIpc) is 2.55. The largest absolute Gasteiger partial charge is 0.466 e. The van der Waals surface area contributed by atoms with Gasteiger partial charge < -0.3 is 4.74 Å². The molecule has 2 unspecified atom stereocenters. The first-order valence-corrected chi connectivity index (χ1v) is 9.62. The maximum absolute atomic E-state index is 12.2. The summed E-state index contributed by atoms with van der Waals surface area (Å²) in [5, 5.41) is 2.47. The van der Waals surface area contributed by atoms with Crippen LogP contribution in [-0.2, 0) is 10.0 Å². The molecule has 0 fully saturated rings. The first-order valence-electron chi connectivity index (χ1n) is 7.26. The lowest BCUT2D eigenvalue weighted by atomic mass is 9.94. The molecule has 1 aromatic heterocycles. The van der Waals surface area contributed by atoms with Gasteiger partial charge in [0.25, 0.3) is 0 Å². The fraction of sp³-hybridized carbons (Fsp3) is 0.118. The first-order chi connectivity index (χ1) is 11.8. The van der Waals surface area contributed by atoms with E-state index < -0.39 is 20.3 Å². The highest BCUT2D eigenvalue weighted by molar-refractivity contribution is 7.90. The van der Waals surface area contributed by atoms with Crippen LogP contribution in [0.3, 0.4) is 0 Å². The molecule has 0 amide bonds. The van der Waals surface area contributed by atoms with E-state index in [1.165, 1.54) is 18.3 Å². The predicted molar refractivity (Wildman–Crippen MR) is 98.7 cm³/mol. The second kappa shape index (κ2) is 6.80. The smallest absolute Gasteiger partial charge is 0.231 e. The lowest BCUT2D eigenvalue weighted by Crippen LogP contribution is -2.50. The molecule has 2 aromatic rings. The summed E-state index contributed by atoms with van der Waals surface area (Å²) in [7, 11) is -4.07. The summed E-state index contributed by atoms with van der Waals surface area (Å²) >= 11 is 13.1. The lowest BCUT2D eigenvalue weighted by Gasteiger charge is -2.37. The molecule has 2 N–H and O–H groups in total. The molecule has 3 rings (SSSR count). The topological polar surface area (TPSA) is 82.3 Å². The van der Waals surface area contributed by atoms with Crippen molar-refractivity contribution in [2.45, 2.75) is 10.3 Å². The number of allylic oxidation sites excluding steroid dienone is 2. The Balaban J connectivity index is 2.20. The third kappa shape index (κ3) is 3.57. The number of benzene rings is 1. The Morgan fingerprint density at radius 1 is 1.16 bits per heavy atom. The second-order valence-corrected chi connectivity index (χ2v) is 8.05. The molecule has 0 saturated heterocycles. The van der Waals surface area contributed by atoms with Crippen molar-refractivity contribution >= 4 is 38.8 Å². The van der Waals surface area contributed by atoms with Crippen molar-refractivity contribution in [3.05, 3.63) is 77.6 Å². The molecular formula is C17H14Cl2N2O3S. The number of halogens is 2. The summed E-state index contributed by atoms with van der Waals surface area (Å²) < 4.78 is 30.2. The SMILES string of the molecule is NS(=O)(=O)C1C=CC(Cl)=C(c2cccnc2)C1(Cl)Oc1ccccc1. The predicted octanol–water partition coefficient (Wildman–Crippen LogP) is 3.27. The van der Waals surface area contributed by atoms with Gasteiger partial charge in [0.15, 0.2) is 5.25 Å². The van der Waals surface area contributed by atoms with Crippen LogP contribution in [0.2, 0.25) is 0 Å². The van der Waals surface area contributed by atoms with Crippen LogP contribution in [0.15, 0.2) is 72.0 Å². The van der Waals surface area contributed by atoms with Gasteiger partial charge >= 0.3 is 0 Å². The van der Waals surface area contributed by atoms with Crippen LogP contribution in [-0.4, -0.2) is 23.7 Å². The van der Waals surface area contributed by atoms with Gasteiger partial charge in [-0.15, -0.1) is 0 Å². The molecule has 0 radical (unpaired) electrons. The molecule has 1 aliphatic carbocycles. The van der Waals surface area contributed by atoms with Gasteiger partial charge in [0.05, 0.1) is 0 Å². The number of nitrogens with two attached hydrogens (primary N) is 1. The fourth-order valence-corrected chi connectivity index (χ4v) is 4.62. The average molecular weight is 397 g/mol. The highest BCUT2D eigenvalue weighted by atomic mass is 35.5. The molecule has 5 nitrogen and oxygen atoms in total. The molecule has 1 heterocycles. The Morgan fingerprint density at radius 3 is 2.48 bits per heavy atom. The minimum Gasteiger partial charge on any atom is -0.466 e. The minimum atomic E-state index is -4.07. The van der Waals surface area contributed by atoms with Crippen molar-refractivity contribution in [3.8, 4) is 5.75 Å². The summed E-state index contributed by atoms with van der Waals surface area (Å²) in [6, 6.07) is 12.0. The van der Waals surface area contributed by atoms with Gasteiger partial charge in [-0.05, 0) is 24.3 Å². The number of primary sulfonamides is 1. The van der Waals surface area contributed by atoms with Crippen LogP contribution < -0.4 is 9.88 Å². The van der Waals surface area contributed by atoms with Crippen LogP contribution in [0.5, 0.6) is 5.75 Å². The second-order valence-electron chi connectivity index (χ2n) is 5.39. The number of para-hydroxylation sites is 1. The van der Waals surface area contributed by atoms with E-state index in [-0.39, 0.29) is 10.6 Å². The van der Waals surface area contributed by atoms with Gasteiger partial charge in [0.1, 0.15) is 5.75 Å². The highest BCUT2D eigenvalue weighted by Crippen LogP contribution is 2.46. The van der Waals surface area contributed by atoms with E-state index in [0.717, 1.165) is 0 Å². The molecule has 25 heavy (non-hydrogen) atoms. The fourth-order valence-electron chi connectivity index (χ4n) is 2.62. The quantitative estimate of drug-likeness (QED) is 0.803. The summed E-state index contributed by atoms with van der Waals surface area (Å²) in [5.41, 5.74) is 0.825.